The van der Waals surface area contributed by atoms with Crippen LogP contribution in [0, 0.1) is 6.92 Å². The number of aryl methyl sites for hydroxylation is 1. The number of likely N-dealkylation sites (tertiary alicyclic amines) is 1. The van der Waals surface area contributed by atoms with E-state index in [1.54, 1.807) is 20.2 Å². The zero-order valence-corrected chi connectivity index (χ0v) is 16.1. The number of esters is 1. The Morgan fingerprint density at radius 3 is 2.86 bits per heavy atom. The number of H-pyrrole nitrogens is 1. The molecule has 0 atom stereocenters. The molecule has 9 nitrogen and oxygen atoms in total. The number of anilines is 1. The lowest BCUT2D eigenvalue weighted by atomic mass is 9.94. The van der Waals surface area contributed by atoms with Gasteiger partial charge in [0.15, 0.2) is 0 Å². The zero-order valence-electron chi connectivity index (χ0n) is 16.1. The molecule has 0 bridgehead atoms. The largest absolute Gasteiger partial charge is 0.462 e. The first-order valence-corrected chi connectivity index (χ1v) is 9.50. The fourth-order valence-corrected chi connectivity index (χ4v) is 3.80. The van der Waals surface area contributed by atoms with Gasteiger partial charge in [-0.1, -0.05) is 0 Å². The second-order valence-electron chi connectivity index (χ2n) is 7.02. The van der Waals surface area contributed by atoms with Crippen LogP contribution in [0.5, 0.6) is 0 Å². The molecule has 0 saturated carbocycles. The van der Waals surface area contributed by atoms with Crippen molar-refractivity contribution in [1.29, 1.82) is 0 Å². The molecule has 0 spiro atoms. The molecule has 3 aromatic heterocycles. The number of aromatic amines is 1. The molecule has 9 heteroatoms. The van der Waals surface area contributed by atoms with E-state index in [0.29, 0.717) is 40.7 Å². The fourth-order valence-electron chi connectivity index (χ4n) is 3.80. The lowest BCUT2D eigenvalue weighted by molar-refractivity contribution is 0.0526. The number of piperidine rings is 1. The quantitative estimate of drug-likeness (QED) is 0.643. The van der Waals surface area contributed by atoms with E-state index in [2.05, 4.69) is 24.8 Å². The van der Waals surface area contributed by atoms with Gasteiger partial charge < -0.3 is 19.9 Å². The van der Waals surface area contributed by atoms with Crippen LogP contribution in [0.4, 0.5) is 5.82 Å². The van der Waals surface area contributed by atoms with E-state index >= 15 is 0 Å². The van der Waals surface area contributed by atoms with E-state index in [9.17, 15) is 4.79 Å². The summed E-state index contributed by atoms with van der Waals surface area (Å²) in [6.45, 7) is 6.20. The molecular formula is C19H24N6O3. The van der Waals surface area contributed by atoms with Gasteiger partial charge in [-0.15, -0.1) is 0 Å². The second kappa shape index (κ2) is 7.59. The van der Waals surface area contributed by atoms with E-state index in [1.807, 2.05) is 6.20 Å². The van der Waals surface area contributed by atoms with Crippen molar-refractivity contribution in [2.75, 3.05) is 25.4 Å². The van der Waals surface area contributed by atoms with Gasteiger partial charge in [-0.05, 0) is 39.8 Å². The normalized spacial score (nSPS) is 15.9. The Kier molecular flexibility index (Phi) is 4.99. The molecule has 0 radical (unpaired) electrons. The number of nitrogens with one attached hydrogen (secondary N) is 1. The number of nitrogen functional groups attached to an aromatic ring is 1. The van der Waals surface area contributed by atoms with Gasteiger partial charge in [-0.25, -0.2) is 14.8 Å². The lowest BCUT2D eigenvalue weighted by Crippen LogP contribution is -2.33. The van der Waals surface area contributed by atoms with Gasteiger partial charge in [0.1, 0.15) is 23.0 Å². The van der Waals surface area contributed by atoms with E-state index < -0.39 is 5.97 Å². The summed E-state index contributed by atoms with van der Waals surface area (Å²) in [5, 5.41) is 0.428. The molecular weight excluding hydrogens is 360 g/mol. The molecule has 0 unspecified atom stereocenters. The Morgan fingerprint density at radius 2 is 2.18 bits per heavy atom. The Labute approximate surface area is 162 Å². The first-order valence-electron chi connectivity index (χ1n) is 9.50. The monoisotopic (exact) mass is 384 g/mol. The number of hydrogen-bond acceptors (Lipinski definition) is 8. The van der Waals surface area contributed by atoms with Crippen LogP contribution in [0.3, 0.4) is 0 Å². The molecule has 1 fully saturated rings. The Balaban J connectivity index is 1.50. The number of rotatable bonds is 5. The van der Waals surface area contributed by atoms with Gasteiger partial charge in [0, 0.05) is 17.8 Å². The van der Waals surface area contributed by atoms with Gasteiger partial charge in [0.05, 0.1) is 24.9 Å². The number of aromatic nitrogens is 4. The summed E-state index contributed by atoms with van der Waals surface area (Å²) in [5.74, 6) is 1.31. The minimum Gasteiger partial charge on any atom is -0.462 e. The summed E-state index contributed by atoms with van der Waals surface area (Å²) in [7, 11) is 0. The standard InChI is InChI=1S/C19H24N6O3/c1-3-27-19(26)15-11(2)28-18-16(15)17(20)23-14(24-18)9-25-6-4-12(5-7-25)13-8-21-10-22-13/h8,10,12H,3-7,9H2,1-2H3,(H,21,22)(H2,20,23,24). The van der Waals surface area contributed by atoms with E-state index in [4.69, 9.17) is 14.9 Å². The van der Waals surface area contributed by atoms with Crippen molar-refractivity contribution >= 4 is 22.9 Å². The van der Waals surface area contributed by atoms with Crippen LogP contribution in [0.15, 0.2) is 16.9 Å². The van der Waals surface area contributed by atoms with Crippen molar-refractivity contribution in [3.63, 3.8) is 0 Å². The third-order valence-corrected chi connectivity index (χ3v) is 5.19. The second-order valence-corrected chi connectivity index (χ2v) is 7.02. The zero-order chi connectivity index (χ0) is 19.7. The molecule has 0 amide bonds. The highest BCUT2D eigenvalue weighted by Crippen LogP contribution is 2.30. The summed E-state index contributed by atoms with van der Waals surface area (Å²) in [6.07, 6.45) is 5.72. The van der Waals surface area contributed by atoms with Crippen molar-refractivity contribution in [3.8, 4) is 0 Å². The number of nitrogens with two attached hydrogens (primary N) is 1. The third kappa shape index (κ3) is 3.45. The summed E-state index contributed by atoms with van der Waals surface area (Å²) in [5.41, 5.74) is 7.98. The predicted octanol–water partition coefficient (Wildman–Crippen LogP) is 2.39. The Morgan fingerprint density at radius 1 is 1.39 bits per heavy atom. The van der Waals surface area contributed by atoms with Gasteiger partial charge in [0.2, 0.25) is 5.71 Å². The lowest BCUT2D eigenvalue weighted by Gasteiger charge is -2.30. The first-order chi connectivity index (χ1) is 13.6. The molecule has 3 aromatic rings. The highest BCUT2D eigenvalue weighted by molar-refractivity contribution is 6.07. The Hall–Kier alpha value is -2.94. The van der Waals surface area contributed by atoms with Crippen LogP contribution in [-0.2, 0) is 11.3 Å². The third-order valence-electron chi connectivity index (χ3n) is 5.19. The van der Waals surface area contributed by atoms with Crippen LogP contribution in [-0.4, -0.2) is 50.5 Å². The molecule has 1 saturated heterocycles. The molecule has 4 rings (SSSR count). The summed E-state index contributed by atoms with van der Waals surface area (Å²) in [6, 6.07) is 0. The average molecular weight is 384 g/mol. The minimum atomic E-state index is -0.470. The van der Waals surface area contributed by atoms with Gasteiger partial charge in [-0.2, -0.15) is 4.98 Å². The number of ether oxygens (including phenoxy) is 1. The highest BCUT2D eigenvalue weighted by Gasteiger charge is 2.25. The minimum absolute atomic E-state index is 0.243. The highest BCUT2D eigenvalue weighted by atomic mass is 16.5. The number of carbonyl (C=O) groups is 1. The maximum Gasteiger partial charge on any atom is 0.342 e. The smallest absolute Gasteiger partial charge is 0.342 e. The number of hydrogen-bond donors (Lipinski definition) is 2. The van der Waals surface area contributed by atoms with Crippen LogP contribution in [0.1, 0.15) is 53.3 Å². The van der Waals surface area contributed by atoms with Crippen molar-refractivity contribution in [1.82, 2.24) is 24.8 Å². The van der Waals surface area contributed by atoms with Crippen molar-refractivity contribution in [2.24, 2.45) is 0 Å². The number of carbonyl (C=O) groups excluding carboxylic acids is 1. The maximum atomic E-state index is 12.2. The predicted molar refractivity (Wildman–Crippen MR) is 103 cm³/mol. The number of furan rings is 1. The summed E-state index contributed by atoms with van der Waals surface area (Å²) >= 11 is 0. The molecule has 1 aliphatic heterocycles. The number of fused-ring (bicyclic) bond motifs is 1. The number of nitrogens with zero attached hydrogens (tertiary/aromatic N) is 4. The van der Waals surface area contributed by atoms with Crippen LogP contribution >= 0.6 is 0 Å². The van der Waals surface area contributed by atoms with Crippen LogP contribution in [0.2, 0.25) is 0 Å². The molecule has 4 heterocycles. The average Bonchev–Trinajstić information content (AvgIpc) is 3.30. The van der Waals surface area contributed by atoms with Gasteiger partial charge in [-0.3, -0.25) is 4.90 Å². The molecule has 28 heavy (non-hydrogen) atoms. The SMILES string of the molecule is CCOC(=O)c1c(C)oc2nc(CN3CCC(c4cnc[nH]4)CC3)nc(N)c12. The molecule has 0 aliphatic carbocycles. The van der Waals surface area contributed by atoms with Crippen LogP contribution < -0.4 is 5.73 Å². The first kappa shape index (κ1) is 18.4. The van der Waals surface area contributed by atoms with Gasteiger partial charge >= 0.3 is 5.97 Å². The van der Waals surface area contributed by atoms with Gasteiger partial charge in [0.25, 0.3) is 0 Å². The van der Waals surface area contributed by atoms with E-state index in [0.717, 1.165) is 25.9 Å². The summed E-state index contributed by atoms with van der Waals surface area (Å²) in [4.78, 5) is 30.8. The molecule has 3 N–H and O–H groups in total. The van der Waals surface area contributed by atoms with E-state index in [1.165, 1.54) is 5.69 Å². The molecule has 148 valence electrons. The summed E-state index contributed by atoms with van der Waals surface area (Å²) < 4.78 is 10.8. The number of imidazole rings is 1. The fraction of sp³-hybridized carbons (Fsp3) is 0.474. The van der Waals surface area contributed by atoms with Crippen molar-refractivity contribution in [3.05, 3.63) is 35.4 Å². The van der Waals surface area contributed by atoms with E-state index in [-0.39, 0.29) is 12.4 Å². The molecule has 0 aromatic carbocycles. The molecule has 1 aliphatic rings. The maximum absolute atomic E-state index is 12.2. The van der Waals surface area contributed by atoms with Crippen molar-refractivity contribution < 1.29 is 13.9 Å². The Bertz CT molecular complexity index is 973. The van der Waals surface area contributed by atoms with Crippen molar-refractivity contribution in [2.45, 2.75) is 39.2 Å². The topological polar surface area (TPSA) is 123 Å². The van der Waals surface area contributed by atoms with Crippen LogP contribution in [0.25, 0.3) is 11.1 Å².